The van der Waals surface area contributed by atoms with E-state index in [2.05, 4.69) is 10.1 Å². The highest BCUT2D eigenvalue weighted by atomic mass is 19.1. The van der Waals surface area contributed by atoms with Crippen molar-refractivity contribution < 1.29 is 27.9 Å². The van der Waals surface area contributed by atoms with E-state index in [-0.39, 0.29) is 24.1 Å². The average molecular weight is 356 g/mol. The molecule has 8 heteroatoms. The van der Waals surface area contributed by atoms with E-state index >= 15 is 0 Å². The van der Waals surface area contributed by atoms with Crippen molar-refractivity contribution in [2.45, 2.75) is 6.61 Å². The van der Waals surface area contributed by atoms with E-state index in [1.165, 1.54) is 24.3 Å². The lowest BCUT2D eigenvalue weighted by Crippen LogP contribution is -2.16. The molecule has 0 N–H and O–H groups in total. The maximum Gasteiger partial charge on any atom is 0.338 e. The molecule has 1 aliphatic heterocycles. The average Bonchev–Trinajstić information content (AvgIpc) is 3.15. The minimum Gasteiger partial charge on any atom is -0.486 e. The maximum absolute atomic E-state index is 12.9. The van der Waals surface area contributed by atoms with Crippen LogP contribution >= 0.6 is 0 Å². The van der Waals surface area contributed by atoms with Crippen LogP contribution in [-0.4, -0.2) is 29.3 Å². The Kier molecular flexibility index (Phi) is 4.22. The highest BCUT2D eigenvalue weighted by Gasteiger charge is 2.17. The van der Waals surface area contributed by atoms with Gasteiger partial charge in [-0.15, -0.1) is 0 Å². The fraction of sp³-hybridized carbons (Fsp3) is 0.167. The Morgan fingerprint density at radius 1 is 1.08 bits per heavy atom. The summed E-state index contributed by atoms with van der Waals surface area (Å²) in [4.78, 5) is 16.3. The van der Waals surface area contributed by atoms with Gasteiger partial charge >= 0.3 is 5.97 Å². The smallest absolute Gasteiger partial charge is 0.338 e. The standard InChI is InChI=1S/C18H13FN2O5/c19-13-4-1-11(2-5-13)17-20-16(26-21-17)10-25-18(22)12-3-6-14-15(9-12)24-8-7-23-14/h1-6,9H,7-8,10H2. The summed E-state index contributed by atoms with van der Waals surface area (Å²) in [5, 5.41) is 3.79. The van der Waals surface area contributed by atoms with Gasteiger partial charge in [-0.25, -0.2) is 9.18 Å². The van der Waals surface area contributed by atoms with Crippen molar-refractivity contribution in [3.63, 3.8) is 0 Å². The zero-order valence-corrected chi connectivity index (χ0v) is 13.5. The Bertz CT molecular complexity index is 939. The first kappa shape index (κ1) is 16.1. The van der Waals surface area contributed by atoms with Gasteiger partial charge < -0.3 is 18.7 Å². The molecule has 0 fully saturated rings. The number of esters is 1. The molecule has 1 aliphatic rings. The Morgan fingerprint density at radius 2 is 1.85 bits per heavy atom. The monoisotopic (exact) mass is 356 g/mol. The first-order valence-electron chi connectivity index (χ1n) is 7.84. The number of halogens is 1. The highest BCUT2D eigenvalue weighted by molar-refractivity contribution is 5.90. The Balaban J connectivity index is 1.41. The molecule has 0 amide bonds. The molecule has 3 aromatic rings. The first-order chi connectivity index (χ1) is 12.7. The van der Waals surface area contributed by atoms with Gasteiger partial charge in [0, 0.05) is 5.56 Å². The number of aromatic nitrogens is 2. The molecule has 0 unspecified atom stereocenters. The number of ether oxygens (including phenoxy) is 3. The zero-order chi connectivity index (χ0) is 17.9. The number of carbonyl (C=O) groups is 1. The van der Waals surface area contributed by atoms with Crippen molar-refractivity contribution in [3.05, 3.63) is 59.7 Å². The van der Waals surface area contributed by atoms with E-state index in [1.54, 1.807) is 18.2 Å². The third-order valence-corrected chi connectivity index (χ3v) is 3.68. The summed E-state index contributed by atoms with van der Waals surface area (Å²) in [6.07, 6.45) is 0. The number of nitrogens with zero attached hydrogens (tertiary/aromatic N) is 2. The van der Waals surface area contributed by atoms with Crippen molar-refractivity contribution in [1.82, 2.24) is 10.1 Å². The molecule has 0 atom stereocenters. The lowest BCUT2D eigenvalue weighted by Gasteiger charge is -2.18. The second kappa shape index (κ2) is 6.83. The molecule has 0 aliphatic carbocycles. The molecule has 2 aromatic carbocycles. The van der Waals surface area contributed by atoms with E-state index in [4.69, 9.17) is 18.7 Å². The number of hydrogen-bond acceptors (Lipinski definition) is 7. The van der Waals surface area contributed by atoms with Gasteiger partial charge in [0.05, 0.1) is 5.56 Å². The van der Waals surface area contributed by atoms with Crippen LogP contribution in [0.5, 0.6) is 11.5 Å². The predicted molar refractivity (Wildman–Crippen MR) is 86.2 cm³/mol. The topological polar surface area (TPSA) is 83.7 Å². The predicted octanol–water partition coefficient (Wildman–Crippen LogP) is 3.00. The van der Waals surface area contributed by atoms with Crippen molar-refractivity contribution in [2.24, 2.45) is 0 Å². The second-order valence-electron chi connectivity index (χ2n) is 5.45. The third-order valence-electron chi connectivity index (χ3n) is 3.68. The Hall–Kier alpha value is -3.42. The second-order valence-corrected chi connectivity index (χ2v) is 5.45. The van der Waals surface area contributed by atoms with Crippen molar-refractivity contribution >= 4 is 5.97 Å². The van der Waals surface area contributed by atoms with Crippen LogP contribution in [0.15, 0.2) is 47.0 Å². The van der Waals surface area contributed by atoms with Gasteiger partial charge in [-0.2, -0.15) is 4.98 Å². The van der Waals surface area contributed by atoms with Crippen molar-refractivity contribution in [1.29, 1.82) is 0 Å². The van der Waals surface area contributed by atoms with Gasteiger partial charge in [0.2, 0.25) is 5.82 Å². The van der Waals surface area contributed by atoms with Gasteiger partial charge in [-0.3, -0.25) is 0 Å². The molecule has 2 heterocycles. The highest BCUT2D eigenvalue weighted by Crippen LogP contribution is 2.31. The van der Waals surface area contributed by atoms with Crippen LogP contribution in [0.3, 0.4) is 0 Å². The van der Waals surface area contributed by atoms with Crippen LogP contribution in [0.4, 0.5) is 4.39 Å². The summed E-state index contributed by atoms with van der Waals surface area (Å²) >= 11 is 0. The van der Waals surface area contributed by atoms with Gasteiger partial charge in [0.25, 0.3) is 5.89 Å². The van der Waals surface area contributed by atoms with Gasteiger partial charge in [-0.1, -0.05) is 5.16 Å². The molecule has 132 valence electrons. The van der Waals surface area contributed by atoms with E-state index in [9.17, 15) is 9.18 Å². The van der Waals surface area contributed by atoms with Crippen molar-refractivity contribution in [3.8, 4) is 22.9 Å². The lowest BCUT2D eigenvalue weighted by molar-refractivity contribution is 0.0429. The summed E-state index contributed by atoms with van der Waals surface area (Å²) < 4.78 is 34.0. The number of rotatable bonds is 4. The molecule has 0 bridgehead atoms. The fourth-order valence-electron chi connectivity index (χ4n) is 2.41. The molecular formula is C18H13FN2O5. The largest absolute Gasteiger partial charge is 0.486 e. The summed E-state index contributed by atoms with van der Waals surface area (Å²) in [7, 11) is 0. The SMILES string of the molecule is O=C(OCc1nc(-c2ccc(F)cc2)no1)c1ccc2c(c1)OCCO2. The van der Waals surface area contributed by atoms with Gasteiger partial charge in [-0.05, 0) is 42.5 Å². The van der Waals surface area contributed by atoms with Crippen LogP contribution in [0.25, 0.3) is 11.4 Å². The van der Waals surface area contributed by atoms with Crippen LogP contribution in [0.2, 0.25) is 0 Å². The van der Waals surface area contributed by atoms with E-state index < -0.39 is 5.97 Å². The Labute approximate surface area is 147 Å². The molecule has 0 spiro atoms. The Morgan fingerprint density at radius 3 is 2.65 bits per heavy atom. The quantitative estimate of drug-likeness (QED) is 0.665. The summed E-state index contributed by atoms with van der Waals surface area (Å²) in [5.74, 6) is 0.607. The molecular weight excluding hydrogens is 343 g/mol. The molecule has 7 nitrogen and oxygen atoms in total. The van der Waals surface area contributed by atoms with Crippen molar-refractivity contribution in [2.75, 3.05) is 13.2 Å². The molecule has 0 saturated heterocycles. The molecule has 1 aromatic heterocycles. The fourth-order valence-corrected chi connectivity index (χ4v) is 2.41. The summed E-state index contributed by atoms with van der Waals surface area (Å²) in [6, 6.07) is 10.5. The van der Waals surface area contributed by atoms with Gasteiger partial charge in [0.15, 0.2) is 18.1 Å². The number of hydrogen-bond donors (Lipinski definition) is 0. The maximum atomic E-state index is 12.9. The van der Waals surface area contributed by atoms with Crippen LogP contribution in [-0.2, 0) is 11.3 Å². The van der Waals surface area contributed by atoms with Crippen LogP contribution < -0.4 is 9.47 Å². The molecule has 0 saturated carbocycles. The van der Waals surface area contributed by atoms with E-state index in [0.717, 1.165) is 0 Å². The number of carbonyl (C=O) groups excluding carboxylic acids is 1. The molecule has 0 radical (unpaired) electrons. The molecule has 4 rings (SSSR count). The minimum absolute atomic E-state index is 0.134. The van der Waals surface area contributed by atoms with E-state index in [0.29, 0.717) is 35.8 Å². The summed E-state index contributed by atoms with van der Waals surface area (Å²) in [6.45, 7) is 0.728. The number of benzene rings is 2. The van der Waals surface area contributed by atoms with E-state index in [1.807, 2.05) is 0 Å². The first-order valence-corrected chi connectivity index (χ1v) is 7.84. The number of fused-ring (bicyclic) bond motifs is 1. The van der Waals surface area contributed by atoms with Crippen LogP contribution in [0, 0.1) is 5.82 Å². The lowest BCUT2D eigenvalue weighted by atomic mass is 10.2. The van der Waals surface area contributed by atoms with Gasteiger partial charge in [0.1, 0.15) is 19.0 Å². The normalized spacial score (nSPS) is 12.7. The third kappa shape index (κ3) is 3.34. The minimum atomic E-state index is -0.552. The summed E-state index contributed by atoms with van der Waals surface area (Å²) in [5.41, 5.74) is 0.923. The van der Waals surface area contributed by atoms with Crippen LogP contribution in [0.1, 0.15) is 16.2 Å². The zero-order valence-electron chi connectivity index (χ0n) is 13.5. The molecule has 26 heavy (non-hydrogen) atoms.